The number of carbonyl (C=O) groups is 2. The highest BCUT2D eigenvalue weighted by Gasteiger charge is 2.19. The average molecular weight is 413 g/mol. The van der Waals surface area contributed by atoms with Gasteiger partial charge in [0.1, 0.15) is 16.4 Å². The first kappa shape index (κ1) is 20.2. The Morgan fingerprint density at radius 2 is 1.90 bits per heavy atom. The fourth-order valence-electron chi connectivity index (χ4n) is 2.66. The largest absolute Gasteiger partial charge is 0.508 e. The van der Waals surface area contributed by atoms with Crippen LogP contribution in [0.2, 0.25) is 0 Å². The summed E-state index contributed by atoms with van der Waals surface area (Å²) in [4.78, 5) is 25.4. The Hall–Kier alpha value is -3.59. The summed E-state index contributed by atoms with van der Waals surface area (Å²) in [5, 5.41) is 23.5. The molecule has 0 fully saturated rings. The van der Waals surface area contributed by atoms with Crippen LogP contribution in [0.3, 0.4) is 0 Å². The molecular formula is C20H19N3O5S. The molecule has 0 unspecified atom stereocenters. The molecule has 3 aromatic rings. The van der Waals surface area contributed by atoms with Gasteiger partial charge in [0.25, 0.3) is 5.91 Å². The van der Waals surface area contributed by atoms with Crippen molar-refractivity contribution in [2.45, 2.75) is 13.8 Å². The lowest BCUT2D eigenvalue weighted by molar-refractivity contribution is 0.0530. The minimum Gasteiger partial charge on any atom is -0.508 e. The van der Waals surface area contributed by atoms with Gasteiger partial charge in [-0.2, -0.15) is 0 Å². The molecule has 3 rings (SSSR count). The van der Waals surface area contributed by atoms with E-state index in [0.717, 1.165) is 23.1 Å². The highest BCUT2D eigenvalue weighted by Crippen LogP contribution is 2.22. The number of rotatable bonds is 5. The van der Waals surface area contributed by atoms with Crippen LogP contribution in [0.1, 0.15) is 32.6 Å². The van der Waals surface area contributed by atoms with Gasteiger partial charge in [-0.05, 0) is 44.2 Å². The van der Waals surface area contributed by atoms with Crippen LogP contribution in [0.5, 0.6) is 11.5 Å². The standard InChI is InChI=1S/C20H19N3O5S/c1-3-28-19(27)17-12(2)23(13-7-5-4-6-8-13)20(29-17)22-21-18(26)15-11-14(24)9-10-16(15)25/h4-11,24-25H,3H2,1-2H3,(H,21,26)/b22-20+. The van der Waals surface area contributed by atoms with Gasteiger partial charge < -0.3 is 14.9 Å². The molecule has 0 aliphatic carbocycles. The highest BCUT2D eigenvalue weighted by atomic mass is 32.1. The van der Waals surface area contributed by atoms with Crippen LogP contribution in [-0.2, 0) is 4.74 Å². The summed E-state index contributed by atoms with van der Waals surface area (Å²) in [5.41, 5.74) is 3.60. The summed E-state index contributed by atoms with van der Waals surface area (Å²) in [6, 6.07) is 12.8. The van der Waals surface area contributed by atoms with Crippen molar-refractivity contribution in [3.05, 3.63) is 69.5 Å². The molecular weight excluding hydrogens is 394 g/mol. The number of benzene rings is 2. The van der Waals surface area contributed by atoms with Crippen LogP contribution in [0.25, 0.3) is 5.69 Å². The molecule has 0 bridgehead atoms. The average Bonchev–Trinajstić information content (AvgIpc) is 3.05. The number of nitrogens with zero attached hydrogens (tertiary/aromatic N) is 2. The maximum Gasteiger partial charge on any atom is 0.350 e. The maximum absolute atomic E-state index is 12.4. The van der Waals surface area contributed by atoms with Gasteiger partial charge in [-0.15, -0.1) is 5.10 Å². The van der Waals surface area contributed by atoms with E-state index >= 15 is 0 Å². The highest BCUT2D eigenvalue weighted by molar-refractivity contribution is 7.11. The van der Waals surface area contributed by atoms with Crippen molar-refractivity contribution in [2.75, 3.05) is 6.61 Å². The Labute approximate surface area is 170 Å². The first-order chi connectivity index (χ1) is 13.9. The van der Waals surface area contributed by atoms with Crippen molar-refractivity contribution in [3.8, 4) is 17.2 Å². The van der Waals surface area contributed by atoms with Gasteiger partial charge in [-0.1, -0.05) is 29.5 Å². The van der Waals surface area contributed by atoms with E-state index in [1.165, 1.54) is 12.1 Å². The van der Waals surface area contributed by atoms with Crippen molar-refractivity contribution in [3.63, 3.8) is 0 Å². The van der Waals surface area contributed by atoms with E-state index in [0.29, 0.717) is 15.4 Å². The Morgan fingerprint density at radius 1 is 1.17 bits per heavy atom. The molecule has 29 heavy (non-hydrogen) atoms. The smallest absolute Gasteiger partial charge is 0.350 e. The number of esters is 1. The number of hydrogen-bond acceptors (Lipinski definition) is 7. The van der Waals surface area contributed by atoms with E-state index < -0.39 is 11.9 Å². The predicted molar refractivity (Wildman–Crippen MR) is 107 cm³/mol. The molecule has 150 valence electrons. The number of ether oxygens (including phenoxy) is 1. The molecule has 0 aliphatic heterocycles. The van der Waals surface area contributed by atoms with Gasteiger partial charge in [-0.25, -0.2) is 10.2 Å². The van der Waals surface area contributed by atoms with Crippen molar-refractivity contribution in [2.24, 2.45) is 5.10 Å². The second-order valence-corrected chi connectivity index (χ2v) is 6.92. The van der Waals surface area contributed by atoms with Gasteiger partial charge in [0, 0.05) is 11.4 Å². The zero-order valence-electron chi connectivity index (χ0n) is 15.7. The molecule has 0 spiro atoms. The second kappa shape index (κ2) is 8.61. The van der Waals surface area contributed by atoms with Crippen LogP contribution in [0, 0.1) is 6.92 Å². The molecule has 1 aromatic heterocycles. The summed E-state index contributed by atoms with van der Waals surface area (Å²) < 4.78 is 6.83. The van der Waals surface area contributed by atoms with Gasteiger partial charge >= 0.3 is 5.97 Å². The lowest BCUT2D eigenvalue weighted by Crippen LogP contribution is -2.24. The molecule has 0 aliphatic rings. The number of phenolic OH excluding ortho intramolecular Hbond substituents is 2. The minimum atomic E-state index is -0.707. The first-order valence-corrected chi connectivity index (χ1v) is 9.55. The second-order valence-electron chi connectivity index (χ2n) is 5.94. The van der Waals surface area contributed by atoms with Crippen LogP contribution in [0.15, 0.2) is 53.6 Å². The molecule has 0 saturated carbocycles. The van der Waals surface area contributed by atoms with E-state index in [2.05, 4.69) is 10.5 Å². The maximum atomic E-state index is 12.4. The Morgan fingerprint density at radius 3 is 2.59 bits per heavy atom. The number of thiazole rings is 1. The number of aromatic hydroxyl groups is 2. The van der Waals surface area contributed by atoms with Crippen molar-refractivity contribution < 1.29 is 24.5 Å². The zero-order valence-corrected chi connectivity index (χ0v) is 16.6. The molecule has 9 heteroatoms. The molecule has 0 atom stereocenters. The quantitative estimate of drug-likeness (QED) is 0.338. The van der Waals surface area contributed by atoms with Crippen molar-refractivity contribution in [1.82, 2.24) is 9.99 Å². The van der Waals surface area contributed by atoms with E-state index in [4.69, 9.17) is 4.74 Å². The molecule has 0 radical (unpaired) electrons. The Bertz CT molecular complexity index is 1120. The molecule has 3 N–H and O–H groups in total. The molecule has 8 nitrogen and oxygen atoms in total. The number of carbonyl (C=O) groups excluding carboxylic acids is 2. The fourth-order valence-corrected chi connectivity index (χ4v) is 3.65. The summed E-state index contributed by atoms with van der Waals surface area (Å²) in [6.45, 7) is 3.72. The van der Waals surface area contributed by atoms with Crippen LogP contribution in [-0.4, -0.2) is 33.3 Å². The fraction of sp³-hybridized carbons (Fsp3) is 0.150. The number of nitrogens with one attached hydrogen (secondary N) is 1. The number of amides is 1. The summed E-state index contributed by atoms with van der Waals surface area (Å²) in [6.07, 6.45) is 0. The molecule has 1 heterocycles. The van der Waals surface area contributed by atoms with Gasteiger partial charge in [0.2, 0.25) is 4.80 Å². The SMILES string of the molecule is CCOC(=O)c1s/c(=N/NC(=O)c2cc(O)ccc2O)n(-c2ccccc2)c1C. The van der Waals surface area contributed by atoms with E-state index in [1.54, 1.807) is 18.4 Å². The normalized spacial score (nSPS) is 11.3. The third-order valence-corrected chi connectivity index (χ3v) is 5.12. The molecule has 0 saturated heterocycles. The lowest BCUT2D eigenvalue weighted by atomic mass is 10.2. The lowest BCUT2D eigenvalue weighted by Gasteiger charge is -2.07. The predicted octanol–water partition coefficient (Wildman–Crippen LogP) is 2.68. The van der Waals surface area contributed by atoms with Gasteiger partial charge in [0.05, 0.1) is 12.2 Å². The Kier molecular flexibility index (Phi) is 5.99. The van der Waals surface area contributed by atoms with Crippen molar-refractivity contribution >= 4 is 23.2 Å². The minimum absolute atomic E-state index is 0.126. The van der Waals surface area contributed by atoms with E-state index in [1.807, 2.05) is 30.3 Å². The number of para-hydroxylation sites is 1. The van der Waals surface area contributed by atoms with Gasteiger partial charge in [0.15, 0.2) is 0 Å². The monoisotopic (exact) mass is 413 g/mol. The van der Waals surface area contributed by atoms with Crippen LogP contribution < -0.4 is 10.2 Å². The van der Waals surface area contributed by atoms with E-state index in [-0.39, 0.29) is 23.7 Å². The summed E-state index contributed by atoms with van der Waals surface area (Å²) in [5.74, 6) is -1.63. The molecule has 1 amide bonds. The van der Waals surface area contributed by atoms with Crippen molar-refractivity contribution in [1.29, 1.82) is 0 Å². The van der Waals surface area contributed by atoms with Crippen LogP contribution >= 0.6 is 11.3 Å². The zero-order chi connectivity index (χ0) is 21.0. The Balaban J connectivity index is 2.05. The number of hydrogen-bond donors (Lipinski definition) is 3. The number of phenols is 2. The topological polar surface area (TPSA) is 113 Å². The number of aromatic nitrogens is 1. The third kappa shape index (κ3) is 4.30. The molecule has 2 aromatic carbocycles. The van der Waals surface area contributed by atoms with E-state index in [9.17, 15) is 19.8 Å². The first-order valence-electron chi connectivity index (χ1n) is 8.73. The van der Waals surface area contributed by atoms with Gasteiger partial charge in [-0.3, -0.25) is 9.36 Å². The third-order valence-electron chi connectivity index (χ3n) is 4.00. The van der Waals surface area contributed by atoms with Crippen LogP contribution in [0.4, 0.5) is 0 Å². The summed E-state index contributed by atoms with van der Waals surface area (Å²) >= 11 is 1.07. The summed E-state index contributed by atoms with van der Waals surface area (Å²) in [7, 11) is 0.